The number of furan rings is 1. The zero-order chi connectivity index (χ0) is 24.5. The van der Waals surface area contributed by atoms with Crippen molar-refractivity contribution in [2.45, 2.75) is 25.6 Å². The number of carbonyl (C=O) groups is 2. The number of hydrogen-bond acceptors (Lipinski definition) is 5. The maximum atomic E-state index is 13.3. The van der Waals surface area contributed by atoms with Crippen molar-refractivity contribution in [2.24, 2.45) is 0 Å². The zero-order valence-electron chi connectivity index (χ0n) is 18.0. The first-order valence-corrected chi connectivity index (χ1v) is 10.5. The number of rotatable bonds is 6. The average molecular weight is 471 g/mol. The molecule has 1 N–H and O–H groups in total. The predicted molar refractivity (Wildman–Crippen MR) is 117 cm³/mol. The Hall–Kier alpha value is -4.01. The Kier molecular flexibility index (Phi) is 6.19. The van der Waals surface area contributed by atoms with E-state index in [1.807, 2.05) is 6.92 Å². The van der Waals surface area contributed by atoms with Gasteiger partial charge in [-0.2, -0.15) is 13.2 Å². The topological polar surface area (TPSA) is 80.0 Å². The molecule has 1 aliphatic heterocycles. The van der Waals surface area contributed by atoms with Crippen LogP contribution < -0.4 is 9.64 Å². The first kappa shape index (κ1) is 23.2. The summed E-state index contributed by atoms with van der Waals surface area (Å²) in [6, 6.07) is 12.1. The minimum atomic E-state index is -4.65. The van der Waals surface area contributed by atoms with Gasteiger partial charge in [-0.25, -0.2) is 0 Å². The number of carbonyl (C=O) groups excluding carboxylic acids is 2. The lowest BCUT2D eigenvalue weighted by atomic mass is 9.99. The maximum Gasteiger partial charge on any atom is 0.416 e. The van der Waals surface area contributed by atoms with E-state index in [9.17, 15) is 27.9 Å². The van der Waals surface area contributed by atoms with E-state index < -0.39 is 35.2 Å². The number of nitrogens with zero attached hydrogens (tertiary/aromatic N) is 1. The van der Waals surface area contributed by atoms with Gasteiger partial charge in [0.1, 0.15) is 23.3 Å². The van der Waals surface area contributed by atoms with Crippen molar-refractivity contribution in [3.63, 3.8) is 0 Å². The molecule has 0 radical (unpaired) electrons. The summed E-state index contributed by atoms with van der Waals surface area (Å²) in [6.45, 7) is 2.46. The van der Waals surface area contributed by atoms with Crippen LogP contribution in [0.15, 0.2) is 76.9 Å². The van der Waals surface area contributed by atoms with Crippen LogP contribution in [0.25, 0.3) is 5.76 Å². The van der Waals surface area contributed by atoms with Crippen molar-refractivity contribution in [3.8, 4) is 5.75 Å². The molecule has 1 aromatic heterocycles. The minimum absolute atomic E-state index is 0.112. The Balaban J connectivity index is 1.82. The van der Waals surface area contributed by atoms with Crippen LogP contribution in [0.5, 0.6) is 5.75 Å². The number of alkyl halides is 3. The van der Waals surface area contributed by atoms with Crippen LogP contribution in [0, 0.1) is 0 Å². The molecule has 6 nitrogen and oxygen atoms in total. The number of halogens is 3. The number of aliphatic hydroxyl groups excluding tert-OH is 1. The van der Waals surface area contributed by atoms with Crippen LogP contribution in [-0.4, -0.2) is 23.4 Å². The van der Waals surface area contributed by atoms with Gasteiger partial charge >= 0.3 is 6.18 Å². The zero-order valence-corrected chi connectivity index (χ0v) is 18.0. The van der Waals surface area contributed by atoms with Gasteiger partial charge in [0.25, 0.3) is 11.7 Å². The second kappa shape index (κ2) is 9.09. The molecule has 1 atom stereocenters. The highest BCUT2D eigenvalue weighted by molar-refractivity contribution is 6.51. The molecule has 1 unspecified atom stereocenters. The largest absolute Gasteiger partial charge is 0.507 e. The highest BCUT2D eigenvalue weighted by atomic mass is 19.4. The summed E-state index contributed by atoms with van der Waals surface area (Å²) in [5.41, 5.74) is -1.18. The number of Topliss-reactive ketones (excluding diaryl/α,β-unsaturated/α-hetero) is 1. The normalized spacial score (nSPS) is 17.9. The number of hydrogen-bond donors (Lipinski definition) is 1. The van der Waals surface area contributed by atoms with Gasteiger partial charge in [-0.15, -0.1) is 0 Å². The van der Waals surface area contributed by atoms with Crippen molar-refractivity contribution < 1.29 is 37.0 Å². The molecule has 176 valence electrons. The van der Waals surface area contributed by atoms with E-state index in [2.05, 4.69) is 0 Å². The Morgan fingerprint density at radius 1 is 1.09 bits per heavy atom. The number of benzene rings is 2. The molecule has 4 rings (SSSR count). The molecule has 1 aliphatic rings. The van der Waals surface area contributed by atoms with Crippen molar-refractivity contribution in [2.75, 3.05) is 11.5 Å². The van der Waals surface area contributed by atoms with Crippen LogP contribution >= 0.6 is 0 Å². The van der Waals surface area contributed by atoms with E-state index in [0.29, 0.717) is 12.4 Å². The maximum absolute atomic E-state index is 13.3. The molecule has 2 aromatic carbocycles. The molecule has 2 heterocycles. The highest BCUT2D eigenvalue weighted by Gasteiger charge is 2.48. The lowest BCUT2D eigenvalue weighted by Gasteiger charge is -2.24. The third-order valence-electron chi connectivity index (χ3n) is 5.31. The Bertz CT molecular complexity index is 1230. The van der Waals surface area contributed by atoms with Gasteiger partial charge in [-0.05, 0) is 61.0 Å². The van der Waals surface area contributed by atoms with E-state index in [4.69, 9.17) is 9.15 Å². The summed E-state index contributed by atoms with van der Waals surface area (Å²) >= 11 is 0. The predicted octanol–water partition coefficient (Wildman–Crippen LogP) is 5.71. The van der Waals surface area contributed by atoms with Crippen LogP contribution in [0.4, 0.5) is 18.9 Å². The van der Waals surface area contributed by atoms with Gasteiger partial charge < -0.3 is 14.3 Å². The second-order valence-corrected chi connectivity index (χ2v) is 7.61. The van der Waals surface area contributed by atoms with Crippen LogP contribution in [0.2, 0.25) is 0 Å². The lowest BCUT2D eigenvalue weighted by molar-refractivity contribution is -0.137. The molecule has 1 saturated heterocycles. The molecular formula is C25H20F3NO5. The van der Waals surface area contributed by atoms with E-state index in [1.165, 1.54) is 36.6 Å². The molecule has 0 aliphatic carbocycles. The van der Waals surface area contributed by atoms with Crippen LogP contribution in [-0.2, 0) is 15.8 Å². The van der Waals surface area contributed by atoms with Gasteiger partial charge in [0.15, 0.2) is 0 Å². The van der Waals surface area contributed by atoms with Gasteiger partial charge in [0.2, 0.25) is 0 Å². The fraction of sp³-hybridized carbons (Fsp3) is 0.200. The van der Waals surface area contributed by atoms with Crippen molar-refractivity contribution in [3.05, 3.63) is 89.4 Å². The van der Waals surface area contributed by atoms with Gasteiger partial charge in [-0.3, -0.25) is 14.5 Å². The highest BCUT2D eigenvalue weighted by Crippen LogP contribution is 2.43. The van der Waals surface area contributed by atoms with Gasteiger partial charge in [0.05, 0.1) is 24.0 Å². The van der Waals surface area contributed by atoms with E-state index in [1.54, 1.807) is 12.1 Å². The third-order valence-corrected chi connectivity index (χ3v) is 5.31. The number of aliphatic hydroxyl groups is 1. The van der Waals surface area contributed by atoms with E-state index in [0.717, 1.165) is 29.5 Å². The number of ketones is 1. The molecule has 1 fully saturated rings. The summed E-state index contributed by atoms with van der Waals surface area (Å²) in [7, 11) is 0. The van der Waals surface area contributed by atoms with Crippen LogP contribution in [0.1, 0.15) is 36.3 Å². The number of ether oxygens (including phenoxy) is 1. The lowest BCUT2D eigenvalue weighted by Crippen LogP contribution is -2.29. The number of amides is 1. The van der Waals surface area contributed by atoms with Crippen molar-refractivity contribution >= 4 is 23.1 Å². The quantitative estimate of drug-likeness (QED) is 0.283. The summed E-state index contributed by atoms with van der Waals surface area (Å²) in [5.74, 6) is -1.92. The molecule has 9 heteroatoms. The third kappa shape index (κ3) is 4.28. The van der Waals surface area contributed by atoms with E-state index in [-0.39, 0.29) is 22.6 Å². The fourth-order valence-corrected chi connectivity index (χ4v) is 3.73. The van der Waals surface area contributed by atoms with Crippen LogP contribution in [0.3, 0.4) is 0 Å². The molecule has 34 heavy (non-hydrogen) atoms. The summed E-state index contributed by atoms with van der Waals surface area (Å²) < 4.78 is 50.8. The molecule has 3 aromatic rings. The van der Waals surface area contributed by atoms with Gasteiger partial charge in [0, 0.05) is 11.3 Å². The number of anilines is 1. The SMILES string of the molecule is CCCOc1ccc(/C(O)=C2/C(=O)C(=O)N(c3cccc(C(F)(F)F)c3)C2c2ccco2)cc1. The summed E-state index contributed by atoms with van der Waals surface area (Å²) in [4.78, 5) is 26.9. The molecule has 1 amide bonds. The van der Waals surface area contributed by atoms with Crippen molar-refractivity contribution in [1.82, 2.24) is 0 Å². The molecule has 0 spiro atoms. The Morgan fingerprint density at radius 3 is 2.44 bits per heavy atom. The Morgan fingerprint density at radius 2 is 1.82 bits per heavy atom. The summed E-state index contributed by atoms with van der Waals surface area (Å²) in [6.07, 6.45) is -2.53. The first-order valence-electron chi connectivity index (χ1n) is 10.5. The fourth-order valence-electron chi connectivity index (χ4n) is 3.73. The van der Waals surface area contributed by atoms with Crippen molar-refractivity contribution in [1.29, 1.82) is 0 Å². The standard InChI is InChI=1S/C25H20F3NO5/c1-2-12-33-18-10-8-15(9-11-18)22(30)20-21(19-7-4-13-34-19)29(24(32)23(20)31)17-6-3-5-16(14-17)25(26,27)28/h3-11,13-14,21,30H,2,12H2,1H3/b22-20-. The van der Waals surface area contributed by atoms with E-state index >= 15 is 0 Å². The monoisotopic (exact) mass is 471 g/mol. The van der Waals surface area contributed by atoms with Gasteiger partial charge in [-0.1, -0.05) is 13.0 Å². The Labute approximate surface area is 192 Å². The summed E-state index contributed by atoms with van der Waals surface area (Å²) in [5, 5.41) is 11.0. The second-order valence-electron chi connectivity index (χ2n) is 7.61. The molecule has 0 bridgehead atoms. The smallest absolute Gasteiger partial charge is 0.416 e. The first-order chi connectivity index (χ1) is 16.2. The average Bonchev–Trinajstić information content (AvgIpc) is 3.44. The molecular weight excluding hydrogens is 451 g/mol. The molecule has 0 saturated carbocycles. The minimum Gasteiger partial charge on any atom is -0.507 e.